The standard InChI is InChI=1S/C17H21FN4O4/c1-11(23)19-14-8-12(4-5-13(14)18)20-15(24)22-7-3-6-17(10-22)9-21(2)16(25)26-17/h4-5,8H,3,6-7,9-10H2,1-2H3,(H,19,23)(H,20,24)/t17-/m0/s1. The van der Waals surface area contributed by atoms with Crippen molar-refractivity contribution in [3.63, 3.8) is 0 Å². The highest BCUT2D eigenvalue weighted by Gasteiger charge is 2.47. The van der Waals surface area contributed by atoms with Gasteiger partial charge >= 0.3 is 12.1 Å². The molecule has 140 valence electrons. The van der Waals surface area contributed by atoms with Gasteiger partial charge in [0.15, 0.2) is 0 Å². The van der Waals surface area contributed by atoms with Crippen LogP contribution in [0.5, 0.6) is 0 Å². The van der Waals surface area contributed by atoms with Gasteiger partial charge in [-0.05, 0) is 31.0 Å². The van der Waals surface area contributed by atoms with Crippen LogP contribution in [-0.4, -0.2) is 60.1 Å². The first-order valence-electron chi connectivity index (χ1n) is 8.35. The highest BCUT2D eigenvalue weighted by atomic mass is 19.1. The summed E-state index contributed by atoms with van der Waals surface area (Å²) < 4.78 is 19.2. The molecule has 0 unspecified atom stereocenters. The van der Waals surface area contributed by atoms with Crippen LogP contribution in [0.2, 0.25) is 0 Å². The number of piperidine rings is 1. The number of nitrogens with one attached hydrogen (secondary N) is 2. The third-order valence-corrected chi connectivity index (χ3v) is 4.50. The van der Waals surface area contributed by atoms with Crippen LogP contribution in [0.4, 0.5) is 25.4 Å². The molecule has 26 heavy (non-hydrogen) atoms. The van der Waals surface area contributed by atoms with Gasteiger partial charge in [0.2, 0.25) is 5.91 Å². The molecule has 3 rings (SSSR count). The average Bonchev–Trinajstić information content (AvgIpc) is 2.83. The first-order chi connectivity index (χ1) is 12.3. The molecular formula is C17H21FN4O4. The molecule has 2 fully saturated rings. The minimum atomic E-state index is -0.675. The lowest BCUT2D eigenvalue weighted by atomic mass is 9.93. The Bertz CT molecular complexity index is 756. The third-order valence-electron chi connectivity index (χ3n) is 4.50. The van der Waals surface area contributed by atoms with Crippen molar-refractivity contribution in [1.82, 2.24) is 9.80 Å². The second-order valence-electron chi connectivity index (χ2n) is 6.74. The van der Waals surface area contributed by atoms with E-state index in [-0.39, 0.29) is 17.8 Å². The SMILES string of the molecule is CC(=O)Nc1cc(NC(=O)N2CCC[C@]3(CN(C)C(=O)O3)C2)ccc1F. The Kier molecular flexibility index (Phi) is 4.71. The Morgan fingerprint density at radius 1 is 1.27 bits per heavy atom. The zero-order valence-electron chi connectivity index (χ0n) is 14.7. The summed E-state index contributed by atoms with van der Waals surface area (Å²) in [5.41, 5.74) is -0.317. The van der Waals surface area contributed by atoms with Gasteiger partial charge in [-0.2, -0.15) is 0 Å². The predicted octanol–water partition coefficient (Wildman–Crippen LogP) is 2.23. The number of benzene rings is 1. The van der Waals surface area contributed by atoms with Crippen LogP contribution < -0.4 is 10.6 Å². The van der Waals surface area contributed by atoms with E-state index in [2.05, 4.69) is 10.6 Å². The molecule has 1 aromatic carbocycles. The van der Waals surface area contributed by atoms with Gasteiger partial charge in [-0.1, -0.05) is 0 Å². The molecule has 0 aliphatic carbocycles. The number of ether oxygens (including phenoxy) is 1. The van der Waals surface area contributed by atoms with Crippen molar-refractivity contribution in [2.45, 2.75) is 25.4 Å². The molecule has 4 amide bonds. The number of hydrogen-bond acceptors (Lipinski definition) is 4. The van der Waals surface area contributed by atoms with E-state index in [1.807, 2.05) is 0 Å². The number of rotatable bonds is 2. The molecule has 1 atom stereocenters. The van der Waals surface area contributed by atoms with Gasteiger partial charge in [0.25, 0.3) is 0 Å². The quantitative estimate of drug-likeness (QED) is 0.842. The number of halogens is 1. The van der Waals surface area contributed by atoms with Gasteiger partial charge in [-0.15, -0.1) is 0 Å². The molecule has 1 spiro atoms. The third kappa shape index (κ3) is 3.71. The lowest BCUT2D eigenvalue weighted by molar-refractivity contribution is -0.114. The van der Waals surface area contributed by atoms with Crippen molar-refractivity contribution in [3.05, 3.63) is 24.0 Å². The summed E-state index contributed by atoms with van der Waals surface area (Å²) in [4.78, 5) is 38.5. The molecule has 2 aliphatic heterocycles. The Labute approximate surface area is 150 Å². The monoisotopic (exact) mass is 364 g/mol. The summed E-state index contributed by atoms with van der Waals surface area (Å²) in [6.45, 7) is 2.56. The molecule has 9 heteroatoms. The van der Waals surface area contributed by atoms with Crippen molar-refractivity contribution >= 4 is 29.4 Å². The fourth-order valence-electron chi connectivity index (χ4n) is 3.37. The van der Waals surface area contributed by atoms with E-state index in [9.17, 15) is 18.8 Å². The number of amides is 4. The van der Waals surface area contributed by atoms with E-state index in [1.165, 1.54) is 30.0 Å². The molecule has 0 bridgehead atoms. The molecule has 2 N–H and O–H groups in total. The zero-order chi connectivity index (χ0) is 18.9. The van der Waals surface area contributed by atoms with Crippen LogP contribution in [0.1, 0.15) is 19.8 Å². The maximum Gasteiger partial charge on any atom is 0.410 e. The van der Waals surface area contributed by atoms with Gasteiger partial charge in [0.1, 0.15) is 11.4 Å². The fraction of sp³-hybridized carbons (Fsp3) is 0.471. The maximum atomic E-state index is 13.7. The van der Waals surface area contributed by atoms with Crippen LogP contribution in [0.15, 0.2) is 18.2 Å². The van der Waals surface area contributed by atoms with E-state index >= 15 is 0 Å². The van der Waals surface area contributed by atoms with E-state index in [0.29, 0.717) is 31.7 Å². The normalized spacial score (nSPS) is 22.3. The summed E-state index contributed by atoms with van der Waals surface area (Å²) in [6.07, 6.45) is 1.04. The van der Waals surface area contributed by atoms with E-state index in [4.69, 9.17) is 4.74 Å². The smallest absolute Gasteiger partial charge is 0.410 e. The Balaban J connectivity index is 1.68. The van der Waals surface area contributed by atoms with Crippen molar-refractivity contribution in [2.75, 3.05) is 37.3 Å². The second-order valence-corrected chi connectivity index (χ2v) is 6.74. The minimum absolute atomic E-state index is 0.00300. The second kappa shape index (κ2) is 6.81. The molecule has 2 heterocycles. The number of carbonyl (C=O) groups excluding carboxylic acids is 3. The van der Waals surface area contributed by atoms with Gasteiger partial charge in [-0.25, -0.2) is 14.0 Å². The number of anilines is 2. The van der Waals surface area contributed by atoms with Crippen LogP contribution in [-0.2, 0) is 9.53 Å². The summed E-state index contributed by atoms with van der Waals surface area (Å²) in [5, 5.41) is 5.07. The number of urea groups is 1. The average molecular weight is 364 g/mol. The summed E-state index contributed by atoms with van der Waals surface area (Å²) in [6, 6.07) is 3.58. The first kappa shape index (κ1) is 18.0. The summed E-state index contributed by atoms with van der Waals surface area (Å²) in [5.74, 6) is -0.992. The Morgan fingerprint density at radius 2 is 2.04 bits per heavy atom. The Hall–Kier alpha value is -2.84. The fourth-order valence-corrected chi connectivity index (χ4v) is 3.37. The Morgan fingerprint density at radius 3 is 2.69 bits per heavy atom. The topological polar surface area (TPSA) is 91.0 Å². The van der Waals surface area contributed by atoms with E-state index in [1.54, 1.807) is 11.9 Å². The number of likely N-dealkylation sites (tertiary alicyclic amines) is 1. The number of hydrogen-bond donors (Lipinski definition) is 2. The summed E-state index contributed by atoms with van der Waals surface area (Å²) >= 11 is 0. The lowest BCUT2D eigenvalue weighted by Gasteiger charge is -2.38. The minimum Gasteiger partial charge on any atom is -0.439 e. The van der Waals surface area contributed by atoms with Crippen LogP contribution in [0.3, 0.4) is 0 Å². The van der Waals surface area contributed by atoms with Crippen molar-refractivity contribution < 1.29 is 23.5 Å². The first-order valence-corrected chi connectivity index (χ1v) is 8.35. The number of nitrogens with zero attached hydrogens (tertiary/aromatic N) is 2. The largest absolute Gasteiger partial charge is 0.439 e. The van der Waals surface area contributed by atoms with Crippen LogP contribution >= 0.6 is 0 Å². The van der Waals surface area contributed by atoms with E-state index < -0.39 is 17.3 Å². The van der Waals surface area contributed by atoms with Crippen LogP contribution in [0, 0.1) is 5.82 Å². The molecule has 2 aliphatic rings. The molecule has 0 aromatic heterocycles. The predicted molar refractivity (Wildman–Crippen MR) is 92.4 cm³/mol. The van der Waals surface area contributed by atoms with Gasteiger partial charge < -0.3 is 25.2 Å². The van der Waals surface area contributed by atoms with E-state index in [0.717, 1.165) is 6.42 Å². The van der Waals surface area contributed by atoms with Crippen LogP contribution in [0.25, 0.3) is 0 Å². The molecule has 0 saturated carbocycles. The van der Waals surface area contributed by atoms with Gasteiger partial charge in [0, 0.05) is 26.2 Å². The highest BCUT2D eigenvalue weighted by Crippen LogP contribution is 2.31. The zero-order valence-corrected chi connectivity index (χ0v) is 14.7. The van der Waals surface area contributed by atoms with Crippen molar-refractivity contribution in [3.8, 4) is 0 Å². The molecule has 2 saturated heterocycles. The lowest BCUT2D eigenvalue weighted by Crippen LogP contribution is -2.53. The highest BCUT2D eigenvalue weighted by molar-refractivity contribution is 5.92. The van der Waals surface area contributed by atoms with Gasteiger partial charge in [0.05, 0.1) is 18.8 Å². The maximum absolute atomic E-state index is 13.7. The molecular weight excluding hydrogens is 343 g/mol. The van der Waals surface area contributed by atoms with Crippen molar-refractivity contribution in [1.29, 1.82) is 0 Å². The van der Waals surface area contributed by atoms with Crippen molar-refractivity contribution in [2.24, 2.45) is 0 Å². The molecule has 0 radical (unpaired) electrons. The molecule has 1 aromatic rings. The number of carbonyl (C=O) groups is 3. The number of likely N-dealkylation sites (N-methyl/N-ethyl adjacent to an activating group) is 1. The molecule has 8 nitrogen and oxygen atoms in total. The summed E-state index contributed by atoms with van der Waals surface area (Å²) in [7, 11) is 1.66. The van der Waals surface area contributed by atoms with Gasteiger partial charge in [-0.3, -0.25) is 4.79 Å².